The Hall–Kier alpha value is -1.32. The van der Waals surface area contributed by atoms with E-state index in [0.29, 0.717) is 12.1 Å². The molecular formula is C16H22ClN3. The van der Waals surface area contributed by atoms with Crippen LogP contribution >= 0.6 is 11.6 Å². The molecule has 0 amide bonds. The van der Waals surface area contributed by atoms with Gasteiger partial charge in [0.25, 0.3) is 0 Å². The van der Waals surface area contributed by atoms with Gasteiger partial charge in [-0.05, 0) is 39.3 Å². The molecule has 1 unspecified atom stereocenters. The molecular weight excluding hydrogens is 270 g/mol. The molecule has 1 atom stereocenters. The molecule has 2 rings (SSSR count). The van der Waals surface area contributed by atoms with Crippen LogP contribution in [0.25, 0.3) is 0 Å². The van der Waals surface area contributed by atoms with Crippen molar-refractivity contribution in [2.75, 3.05) is 7.05 Å². The van der Waals surface area contributed by atoms with Gasteiger partial charge in [-0.3, -0.25) is 4.68 Å². The predicted octanol–water partition coefficient (Wildman–Crippen LogP) is 4.01. The van der Waals surface area contributed by atoms with Crippen LogP contribution in [0.3, 0.4) is 0 Å². The summed E-state index contributed by atoms with van der Waals surface area (Å²) in [5.41, 5.74) is 2.43. The first-order valence-corrected chi connectivity index (χ1v) is 7.45. The van der Waals surface area contributed by atoms with Gasteiger partial charge in [-0.15, -0.1) is 0 Å². The Bertz CT molecular complexity index is 534. The Morgan fingerprint density at radius 2 is 1.95 bits per heavy atom. The van der Waals surface area contributed by atoms with Crippen molar-refractivity contribution in [1.29, 1.82) is 0 Å². The highest BCUT2D eigenvalue weighted by Crippen LogP contribution is 2.24. The van der Waals surface area contributed by atoms with Crippen molar-refractivity contribution < 1.29 is 0 Å². The average molecular weight is 292 g/mol. The third-order valence-electron chi connectivity index (χ3n) is 3.56. The van der Waals surface area contributed by atoms with Gasteiger partial charge in [-0.1, -0.05) is 41.9 Å². The molecule has 0 aliphatic heterocycles. The van der Waals surface area contributed by atoms with E-state index in [1.54, 1.807) is 6.20 Å². The lowest BCUT2D eigenvalue weighted by atomic mass is 10.0. The Morgan fingerprint density at radius 3 is 2.55 bits per heavy atom. The number of halogens is 1. The molecule has 2 aromatic rings. The second kappa shape index (κ2) is 6.91. The molecule has 0 radical (unpaired) electrons. The normalized spacial score (nSPS) is 12.8. The maximum absolute atomic E-state index is 6.26. The molecule has 3 nitrogen and oxygen atoms in total. The molecule has 0 fully saturated rings. The summed E-state index contributed by atoms with van der Waals surface area (Å²) in [4.78, 5) is 0. The third-order valence-corrected chi connectivity index (χ3v) is 3.87. The molecule has 1 aromatic carbocycles. The van der Waals surface area contributed by atoms with Gasteiger partial charge in [-0.2, -0.15) is 5.10 Å². The van der Waals surface area contributed by atoms with E-state index in [1.807, 2.05) is 17.8 Å². The van der Waals surface area contributed by atoms with Gasteiger partial charge in [0.05, 0.1) is 16.9 Å². The molecule has 0 spiro atoms. The number of benzene rings is 1. The van der Waals surface area contributed by atoms with Gasteiger partial charge in [0.2, 0.25) is 0 Å². The van der Waals surface area contributed by atoms with Gasteiger partial charge < -0.3 is 5.32 Å². The zero-order valence-corrected chi connectivity index (χ0v) is 13.1. The molecule has 1 aromatic heterocycles. The molecule has 0 aliphatic rings. The Labute approximate surface area is 126 Å². The van der Waals surface area contributed by atoms with Crippen LogP contribution in [0.2, 0.25) is 5.02 Å². The van der Waals surface area contributed by atoms with Crippen LogP contribution in [0.1, 0.15) is 43.6 Å². The zero-order valence-electron chi connectivity index (χ0n) is 12.3. The van der Waals surface area contributed by atoms with E-state index in [2.05, 4.69) is 48.5 Å². The van der Waals surface area contributed by atoms with E-state index in [0.717, 1.165) is 23.6 Å². The maximum Gasteiger partial charge on any atom is 0.0817 e. The van der Waals surface area contributed by atoms with Crippen LogP contribution < -0.4 is 5.32 Å². The number of rotatable bonds is 6. The minimum absolute atomic E-state index is 0.335. The van der Waals surface area contributed by atoms with Gasteiger partial charge in [0, 0.05) is 12.1 Å². The van der Waals surface area contributed by atoms with Crippen LogP contribution in [-0.4, -0.2) is 16.8 Å². The second-order valence-electron chi connectivity index (χ2n) is 5.27. The van der Waals surface area contributed by atoms with Crippen molar-refractivity contribution in [2.24, 2.45) is 0 Å². The van der Waals surface area contributed by atoms with E-state index in [-0.39, 0.29) is 0 Å². The second-order valence-corrected chi connectivity index (χ2v) is 5.68. The summed E-state index contributed by atoms with van der Waals surface area (Å²) in [6, 6.07) is 11.2. The molecule has 1 N–H and O–H groups in total. The first-order valence-electron chi connectivity index (χ1n) is 7.07. The summed E-state index contributed by atoms with van der Waals surface area (Å²) in [5, 5.41) is 8.50. The molecule has 0 saturated carbocycles. The molecule has 0 saturated heterocycles. The number of aromatic nitrogens is 2. The fraction of sp³-hybridized carbons (Fsp3) is 0.438. The van der Waals surface area contributed by atoms with Crippen LogP contribution in [-0.2, 0) is 6.42 Å². The molecule has 4 heteroatoms. The largest absolute Gasteiger partial charge is 0.313 e. The minimum Gasteiger partial charge on any atom is -0.313 e. The number of hydrogen-bond acceptors (Lipinski definition) is 2. The Morgan fingerprint density at radius 1 is 1.25 bits per heavy atom. The van der Waals surface area contributed by atoms with Gasteiger partial charge in [0.15, 0.2) is 0 Å². The van der Waals surface area contributed by atoms with Gasteiger partial charge >= 0.3 is 0 Å². The topological polar surface area (TPSA) is 29.9 Å². The Balaban J connectivity index is 2.09. The van der Waals surface area contributed by atoms with Crippen molar-refractivity contribution >= 4 is 11.6 Å². The highest BCUT2D eigenvalue weighted by atomic mass is 35.5. The summed E-state index contributed by atoms with van der Waals surface area (Å²) in [6.07, 6.45) is 3.66. The van der Waals surface area contributed by atoms with Crippen LogP contribution in [0.15, 0.2) is 36.5 Å². The fourth-order valence-corrected chi connectivity index (χ4v) is 2.71. The van der Waals surface area contributed by atoms with E-state index in [9.17, 15) is 0 Å². The summed E-state index contributed by atoms with van der Waals surface area (Å²) >= 11 is 6.26. The average Bonchev–Trinajstić information content (AvgIpc) is 2.82. The van der Waals surface area contributed by atoms with Crippen LogP contribution in [0.5, 0.6) is 0 Å². The maximum atomic E-state index is 6.26. The monoisotopic (exact) mass is 291 g/mol. The summed E-state index contributed by atoms with van der Waals surface area (Å²) in [5.74, 6) is 0. The van der Waals surface area contributed by atoms with Crippen molar-refractivity contribution in [2.45, 2.75) is 38.8 Å². The smallest absolute Gasteiger partial charge is 0.0817 e. The van der Waals surface area contributed by atoms with Crippen LogP contribution in [0, 0.1) is 0 Å². The highest BCUT2D eigenvalue weighted by molar-refractivity contribution is 6.31. The number of nitrogens with one attached hydrogen (secondary N) is 1. The van der Waals surface area contributed by atoms with E-state index in [4.69, 9.17) is 11.6 Å². The lowest BCUT2D eigenvalue weighted by molar-refractivity contribution is 0.484. The highest BCUT2D eigenvalue weighted by Gasteiger charge is 2.15. The first kappa shape index (κ1) is 15.1. The number of hydrogen-bond donors (Lipinski definition) is 1. The van der Waals surface area contributed by atoms with Crippen molar-refractivity contribution in [3.63, 3.8) is 0 Å². The van der Waals surface area contributed by atoms with Crippen molar-refractivity contribution in [3.8, 4) is 0 Å². The lowest BCUT2D eigenvalue weighted by Gasteiger charge is -2.18. The molecule has 0 aliphatic carbocycles. The van der Waals surface area contributed by atoms with E-state index in [1.165, 1.54) is 5.56 Å². The molecule has 108 valence electrons. The lowest BCUT2D eigenvalue weighted by Crippen LogP contribution is -2.18. The molecule has 20 heavy (non-hydrogen) atoms. The van der Waals surface area contributed by atoms with Gasteiger partial charge in [0.1, 0.15) is 0 Å². The minimum atomic E-state index is 0.335. The quantitative estimate of drug-likeness (QED) is 0.871. The van der Waals surface area contributed by atoms with Crippen LogP contribution in [0.4, 0.5) is 0 Å². The first-order chi connectivity index (χ1) is 9.63. The van der Waals surface area contributed by atoms with E-state index < -0.39 is 0 Å². The predicted molar refractivity (Wildman–Crippen MR) is 84.2 cm³/mol. The van der Waals surface area contributed by atoms with Gasteiger partial charge in [-0.25, -0.2) is 0 Å². The van der Waals surface area contributed by atoms with Crippen molar-refractivity contribution in [1.82, 2.24) is 15.1 Å². The van der Waals surface area contributed by atoms with Crippen molar-refractivity contribution in [3.05, 3.63) is 52.8 Å². The fourth-order valence-electron chi connectivity index (χ4n) is 2.49. The summed E-state index contributed by atoms with van der Waals surface area (Å²) in [6.45, 7) is 4.25. The van der Waals surface area contributed by atoms with E-state index >= 15 is 0 Å². The molecule has 1 heterocycles. The Kier molecular flexibility index (Phi) is 5.21. The molecule has 0 bridgehead atoms. The standard InChI is InChI=1S/C16H22ClN3/c1-12(2)20-16(14(17)11-19-20)10-9-15(18-3)13-7-5-4-6-8-13/h4-8,11-12,15,18H,9-10H2,1-3H3. The summed E-state index contributed by atoms with van der Waals surface area (Å²) in [7, 11) is 2.00. The third kappa shape index (κ3) is 3.41. The number of nitrogens with zero attached hydrogens (tertiary/aromatic N) is 2. The summed E-state index contributed by atoms with van der Waals surface area (Å²) < 4.78 is 2.01. The zero-order chi connectivity index (χ0) is 14.5. The SMILES string of the molecule is CNC(CCc1c(Cl)cnn1C(C)C)c1ccccc1.